The van der Waals surface area contributed by atoms with Gasteiger partial charge in [0.05, 0.1) is 0 Å². The summed E-state index contributed by atoms with van der Waals surface area (Å²) in [5, 5.41) is 0. The number of hydrogen-bond acceptors (Lipinski definition) is 2. The Balaban J connectivity index is 2.99. The number of hydrogen-bond donors (Lipinski definition) is 2. The molecule has 0 saturated heterocycles. The molecule has 0 heterocycles. The maximum Gasteiger partial charge on any atom is 0.524 e. The highest BCUT2D eigenvalue weighted by Gasteiger charge is 2.22. The van der Waals surface area contributed by atoms with Crippen molar-refractivity contribution in [3.63, 3.8) is 0 Å². The van der Waals surface area contributed by atoms with Crippen LogP contribution in [0.3, 0.4) is 0 Å². The molecule has 0 aliphatic heterocycles. The number of rotatable bonds is 3. The molecule has 1 rings (SSSR count). The lowest BCUT2D eigenvalue weighted by atomic mass is 10.2. The SMILES string of the molecule is O=P(O)(O)Oc1cccc(C(I)(I)I)c1. The van der Waals surface area contributed by atoms with Crippen LogP contribution in [0.15, 0.2) is 24.3 Å². The number of phosphoric acid groups is 1. The second-order valence-corrected chi connectivity index (χ2v) is 14.8. The van der Waals surface area contributed by atoms with Crippen molar-refractivity contribution in [2.75, 3.05) is 0 Å². The molecule has 84 valence electrons. The van der Waals surface area contributed by atoms with Gasteiger partial charge in [0.2, 0.25) is 0 Å². The van der Waals surface area contributed by atoms with Gasteiger partial charge in [0.15, 0.2) is 0 Å². The summed E-state index contributed by atoms with van der Waals surface area (Å²) in [6, 6.07) is 6.70. The molecule has 0 radical (unpaired) electrons. The van der Waals surface area contributed by atoms with E-state index in [4.69, 9.17) is 9.79 Å². The lowest BCUT2D eigenvalue weighted by Gasteiger charge is -2.14. The van der Waals surface area contributed by atoms with Crippen molar-refractivity contribution in [3.05, 3.63) is 29.8 Å². The molecule has 15 heavy (non-hydrogen) atoms. The zero-order chi connectivity index (χ0) is 11.7. The maximum absolute atomic E-state index is 10.6. The van der Waals surface area contributed by atoms with Gasteiger partial charge in [0.25, 0.3) is 0 Å². The number of phosphoric ester groups is 1. The zero-order valence-electron chi connectivity index (χ0n) is 7.10. The van der Waals surface area contributed by atoms with Gasteiger partial charge in [-0.1, -0.05) is 12.1 Å². The highest BCUT2D eigenvalue weighted by atomic mass is 127. The van der Waals surface area contributed by atoms with Crippen molar-refractivity contribution in [3.8, 4) is 5.75 Å². The van der Waals surface area contributed by atoms with Crippen molar-refractivity contribution in [1.82, 2.24) is 0 Å². The van der Waals surface area contributed by atoms with Gasteiger partial charge in [0.1, 0.15) is 5.18 Å². The van der Waals surface area contributed by atoms with Gasteiger partial charge in [-0.15, -0.1) is 0 Å². The lowest BCUT2D eigenvalue weighted by molar-refractivity contribution is 0.283. The molecule has 1 aromatic rings. The summed E-state index contributed by atoms with van der Waals surface area (Å²) in [4.78, 5) is 17.3. The highest BCUT2D eigenvalue weighted by molar-refractivity contribution is 14.3. The fourth-order valence-corrected chi connectivity index (χ4v) is 2.26. The monoisotopic (exact) mass is 566 g/mol. The van der Waals surface area contributed by atoms with E-state index in [1.165, 1.54) is 6.07 Å². The van der Waals surface area contributed by atoms with Crippen LogP contribution in [-0.4, -0.2) is 9.79 Å². The van der Waals surface area contributed by atoms with Crippen LogP contribution in [0.25, 0.3) is 0 Å². The molecule has 0 aliphatic carbocycles. The van der Waals surface area contributed by atoms with Gasteiger partial charge < -0.3 is 4.52 Å². The molecule has 0 saturated carbocycles. The maximum atomic E-state index is 10.6. The standard InChI is InChI=1S/C7H6I3O4P/c8-7(9,10)5-2-1-3-6(4-5)14-15(11,12)13/h1-4H,(H2,11,12,13). The molecule has 8 heteroatoms. The van der Waals surface area contributed by atoms with E-state index in [-0.39, 0.29) is 5.18 Å². The van der Waals surface area contributed by atoms with Crippen LogP contribution in [0.1, 0.15) is 5.56 Å². The third-order valence-corrected chi connectivity index (χ3v) is 3.70. The first-order valence-corrected chi connectivity index (χ1v) is 8.37. The molecule has 4 nitrogen and oxygen atoms in total. The molecule has 0 bridgehead atoms. The van der Waals surface area contributed by atoms with Crippen LogP contribution < -0.4 is 4.52 Å². The second-order valence-electron chi connectivity index (χ2n) is 2.61. The molecule has 0 fully saturated rings. The summed E-state index contributed by atoms with van der Waals surface area (Å²) >= 11 is 6.66. The van der Waals surface area contributed by atoms with Gasteiger partial charge in [-0.25, -0.2) is 4.57 Å². The van der Waals surface area contributed by atoms with Crippen LogP contribution in [-0.2, 0) is 4.00 Å². The normalized spacial score (nSPS) is 12.6. The molecular weight excluding hydrogens is 560 g/mol. The predicted octanol–water partition coefficient (Wildman–Crippen LogP) is 3.57. The largest absolute Gasteiger partial charge is 0.524 e. The Hall–Kier alpha value is 1.36. The van der Waals surface area contributed by atoms with Gasteiger partial charge >= 0.3 is 7.82 Å². The average Bonchev–Trinajstić information content (AvgIpc) is 1.99. The van der Waals surface area contributed by atoms with E-state index in [2.05, 4.69) is 72.3 Å². The summed E-state index contributed by atoms with van der Waals surface area (Å²) in [6.45, 7) is 0. The summed E-state index contributed by atoms with van der Waals surface area (Å²) < 4.78 is 15.0. The van der Waals surface area contributed by atoms with Gasteiger partial charge in [-0.2, -0.15) is 0 Å². The predicted molar refractivity (Wildman–Crippen MR) is 82.9 cm³/mol. The Labute approximate surface area is 128 Å². The van der Waals surface area contributed by atoms with E-state index >= 15 is 0 Å². The minimum Gasteiger partial charge on any atom is -0.404 e. The molecule has 0 spiro atoms. The van der Waals surface area contributed by atoms with Crippen LogP contribution in [0.2, 0.25) is 0 Å². The third-order valence-electron chi connectivity index (χ3n) is 1.39. The van der Waals surface area contributed by atoms with Crippen molar-refractivity contribution >= 4 is 75.6 Å². The number of halogens is 3. The summed E-state index contributed by atoms with van der Waals surface area (Å²) in [7, 11) is -4.47. The third kappa shape index (κ3) is 5.48. The van der Waals surface area contributed by atoms with E-state index in [0.717, 1.165) is 5.56 Å². The number of benzene rings is 1. The van der Waals surface area contributed by atoms with E-state index in [9.17, 15) is 4.57 Å². The highest BCUT2D eigenvalue weighted by Crippen LogP contribution is 2.47. The molecule has 0 aromatic heterocycles. The average molecular weight is 566 g/mol. The van der Waals surface area contributed by atoms with Crippen molar-refractivity contribution in [2.24, 2.45) is 0 Å². The molecule has 0 atom stereocenters. The first-order valence-electron chi connectivity index (χ1n) is 3.61. The van der Waals surface area contributed by atoms with Crippen LogP contribution >= 0.6 is 75.6 Å². The second kappa shape index (κ2) is 5.34. The lowest BCUT2D eigenvalue weighted by Crippen LogP contribution is -1.98. The fourth-order valence-electron chi connectivity index (χ4n) is 0.867. The Morgan fingerprint density at radius 3 is 2.33 bits per heavy atom. The smallest absolute Gasteiger partial charge is 0.404 e. The van der Waals surface area contributed by atoms with Crippen molar-refractivity contribution in [1.29, 1.82) is 0 Å². The molecule has 0 aliphatic rings. The van der Waals surface area contributed by atoms with E-state index in [1.807, 2.05) is 6.07 Å². The molecule has 0 amide bonds. The van der Waals surface area contributed by atoms with Gasteiger partial charge in [-0.05, 0) is 85.5 Å². The topological polar surface area (TPSA) is 66.8 Å². The minimum absolute atomic E-state index is 0.165. The molecule has 0 unspecified atom stereocenters. The minimum atomic E-state index is -4.47. The van der Waals surface area contributed by atoms with E-state index < -0.39 is 7.82 Å². The molecule has 2 N–H and O–H groups in total. The van der Waals surface area contributed by atoms with Crippen molar-refractivity contribution in [2.45, 2.75) is -0.565 Å². The summed E-state index contributed by atoms with van der Waals surface area (Å²) in [6.07, 6.45) is 0. The van der Waals surface area contributed by atoms with Gasteiger partial charge in [-0.3, -0.25) is 9.79 Å². The fraction of sp³-hybridized carbons (Fsp3) is 0.143. The molecular formula is C7H6I3O4P. The number of alkyl halides is 3. The van der Waals surface area contributed by atoms with Crippen molar-refractivity contribution < 1.29 is 18.9 Å². The Morgan fingerprint density at radius 2 is 1.87 bits per heavy atom. The summed E-state index contributed by atoms with van der Waals surface area (Å²) in [5.74, 6) is 0.176. The first-order chi connectivity index (χ1) is 6.68. The molecule has 1 aromatic carbocycles. The van der Waals surface area contributed by atoms with Crippen LogP contribution in [0, 0.1) is 0 Å². The Morgan fingerprint density at radius 1 is 1.27 bits per heavy atom. The summed E-state index contributed by atoms with van der Waals surface area (Å²) in [5.41, 5.74) is 0.926. The van der Waals surface area contributed by atoms with Gasteiger partial charge in [0, 0.05) is 0 Å². The Kier molecular flexibility index (Phi) is 5.13. The first kappa shape index (κ1) is 14.4. The van der Waals surface area contributed by atoms with E-state index in [1.54, 1.807) is 12.1 Å². The van der Waals surface area contributed by atoms with Crippen LogP contribution in [0.5, 0.6) is 5.75 Å². The van der Waals surface area contributed by atoms with Crippen LogP contribution in [0.4, 0.5) is 0 Å². The quantitative estimate of drug-likeness (QED) is 0.334. The van der Waals surface area contributed by atoms with E-state index in [0.29, 0.717) is 0 Å². The zero-order valence-corrected chi connectivity index (χ0v) is 14.5. The Bertz CT molecular complexity index is 397.